The van der Waals surface area contributed by atoms with Crippen molar-refractivity contribution in [2.75, 3.05) is 26.3 Å². The largest absolute Gasteiger partial charge is 0.481 e. The van der Waals surface area contributed by atoms with Gasteiger partial charge in [-0.05, 0) is 55.8 Å². The van der Waals surface area contributed by atoms with Gasteiger partial charge in [-0.25, -0.2) is 0 Å². The fourth-order valence-electron chi connectivity index (χ4n) is 4.65. The zero-order valence-electron chi connectivity index (χ0n) is 14.8. The minimum atomic E-state index is -0.654. The van der Waals surface area contributed by atoms with Crippen molar-refractivity contribution in [3.63, 3.8) is 0 Å². The van der Waals surface area contributed by atoms with Gasteiger partial charge in [0.2, 0.25) is 0 Å². The molecule has 1 atom stereocenters. The van der Waals surface area contributed by atoms with Crippen molar-refractivity contribution in [1.29, 1.82) is 0 Å². The van der Waals surface area contributed by atoms with Gasteiger partial charge in [-0.15, -0.1) is 0 Å². The highest BCUT2D eigenvalue weighted by atomic mass is 16.5. The van der Waals surface area contributed by atoms with Crippen molar-refractivity contribution in [3.05, 3.63) is 35.5 Å². The number of nitrogens with one attached hydrogen (secondary N) is 1. The van der Waals surface area contributed by atoms with E-state index in [9.17, 15) is 9.90 Å². The molecule has 2 N–H and O–H groups in total. The first-order valence-electron chi connectivity index (χ1n) is 9.17. The number of ether oxygens (including phenoxy) is 1. The first kappa shape index (κ1) is 16.6. The maximum Gasteiger partial charge on any atom is 0.308 e. The Morgan fingerprint density at radius 1 is 1.36 bits per heavy atom. The average Bonchev–Trinajstić information content (AvgIpc) is 3.01. The summed E-state index contributed by atoms with van der Waals surface area (Å²) in [5.41, 5.74) is 3.51. The molecule has 1 aromatic heterocycles. The highest BCUT2D eigenvalue weighted by Crippen LogP contribution is 2.45. The minimum absolute atomic E-state index is 0.0718. The molecular formula is C20H26N2O3. The van der Waals surface area contributed by atoms with E-state index in [0.29, 0.717) is 19.8 Å². The van der Waals surface area contributed by atoms with Gasteiger partial charge in [0.1, 0.15) is 0 Å². The Morgan fingerprint density at radius 2 is 2.16 bits per heavy atom. The molecule has 5 nitrogen and oxygen atoms in total. The molecule has 2 saturated heterocycles. The monoisotopic (exact) mass is 342 g/mol. The average molecular weight is 342 g/mol. The molecule has 2 aliphatic rings. The normalized spacial score (nSPS) is 24.0. The van der Waals surface area contributed by atoms with E-state index in [4.69, 9.17) is 4.74 Å². The molecule has 134 valence electrons. The predicted molar refractivity (Wildman–Crippen MR) is 96.5 cm³/mol. The van der Waals surface area contributed by atoms with Crippen molar-refractivity contribution in [3.8, 4) is 0 Å². The van der Waals surface area contributed by atoms with Crippen LogP contribution in [0.5, 0.6) is 0 Å². The van der Waals surface area contributed by atoms with E-state index >= 15 is 0 Å². The lowest BCUT2D eigenvalue weighted by Crippen LogP contribution is -2.52. The molecule has 0 aliphatic carbocycles. The van der Waals surface area contributed by atoms with Crippen molar-refractivity contribution in [1.82, 2.24) is 9.88 Å². The van der Waals surface area contributed by atoms with Crippen LogP contribution < -0.4 is 0 Å². The van der Waals surface area contributed by atoms with Gasteiger partial charge in [0.15, 0.2) is 0 Å². The van der Waals surface area contributed by atoms with Gasteiger partial charge in [-0.1, -0.05) is 12.1 Å². The van der Waals surface area contributed by atoms with Gasteiger partial charge in [0, 0.05) is 42.9 Å². The van der Waals surface area contributed by atoms with E-state index < -0.39 is 5.97 Å². The Balaban J connectivity index is 1.51. The van der Waals surface area contributed by atoms with E-state index in [2.05, 4.69) is 41.1 Å². The number of fused-ring (bicyclic) bond motifs is 1. The summed E-state index contributed by atoms with van der Waals surface area (Å²) in [6, 6.07) is 8.49. The number of H-pyrrole nitrogens is 1. The predicted octanol–water partition coefficient (Wildman–Crippen LogP) is 3.18. The number of aromatic nitrogens is 1. The smallest absolute Gasteiger partial charge is 0.308 e. The highest BCUT2D eigenvalue weighted by molar-refractivity contribution is 5.83. The maximum atomic E-state index is 11.9. The SMILES string of the molecule is Cc1cccc2[nH]c(CN3CCC4(CCOCC4)C(C(=O)O)C3)cc12. The third-order valence-corrected chi connectivity index (χ3v) is 6.22. The number of nitrogens with zero attached hydrogens (tertiary/aromatic N) is 1. The second kappa shape index (κ2) is 6.46. The minimum Gasteiger partial charge on any atom is -0.481 e. The van der Waals surface area contributed by atoms with Crippen LogP contribution >= 0.6 is 0 Å². The van der Waals surface area contributed by atoms with Crippen LogP contribution in [0.3, 0.4) is 0 Å². The van der Waals surface area contributed by atoms with Crippen LogP contribution in [0.2, 0.25) is 0 Å². The third kappa shape index (κ3) is 3.07. The highest BCUT2D eigenvalue weighted by Gasteiger charge is 2.47. The number of aryl methyl sites for hydroxylation is 1. The first-order chi connectivity index (χ1) is 12.1. The van der Waals surface area contributed by atoms with Gasteiger partial charge < -0.3 is 14.8 Å². The summed E-state index contributed by atoms with van der Waals surface area (Å²) in [5, 5.41) is 11.1. The van der Waals surface area contributed by atoms with Gasteiger partial charge in [0.25, 0.3) is 0 Å². The number of aromatic amines is 1. The first-order valence-corrected chi connectivity index (χ1v) is 9.17. The Kier molecular flexibility index (Phi) is 4.29. The summed E-state index contributed by atoms with van der Waals surface area (Å²) >= 11 is 0. The molecule has 2 fully saturated rings. The molecule has 1 aromatic carbocycles. The Bertz CT molecular complexity index is 776. The molecule has 0 radical (unpaired) electrons. The van der Waals surface area contributed by atoms with Crippen LogP contribution in [0, 0.1) is 18.3 Å². The van der Waals surface area contributed by atoms with Crippen LogP contribution in [0.1, 0.15) is 30.5 Å². The number of carboxylic acid groups (broad SMARTS) is 1. The second-order valence-electron chi connectivity index (χ2n) is 7.68. The van der Waals surface area contributed by atoms with Gasteiger partial charge >= 0.3 is 5.97 Å². The number of likely N-dealkylation sites (tertiary alicyclic amines) is 1. The Labute approximate surface area is 148 Å². The van der Waals surface area contributed by atoms with E-state index in [0.717, 1.165) is 43.6 Å². The fourth-order valence-corrected chi connectivity index (χ4v) is 4.65. The topological polar surface area (TPSA) is 65.6 Å². The van der Waals surface area contributed by atoms with E-state index in [1.54, 1.807) is 0 Å². The number of benzene rings is 1. The molecule has 0 bridgehead atoms. The second-order valence-corrected chi connectivity index (χ2v) is 7.68. The zero-order chi connectivity index (χ0) is 17.4. The van der Waals surface area contributed by atoms with Crippen LogP contribution in [0.25, 0.3) is 10.9 Å². The van der Waals surface area contributed by atoms with Crippen molar-refractivity contribution in [2.45, 2.75) is 32.7 Å². The Morgan fingerprint density at radius 3 is 2.88 bits per heavy atom. The van der Waals surface area contributed by atoms with E-state index in [1.807, 2.05) is 0 Å². The molecular weight excluding hydrogens is 316 g/mol. The number of carbonyl (C=O) groups is 1. The van der Waals surface area contributed by atoms with E-state index in [-0.39, 0.29) is 11.3 Å². The number of hydrogen-bond donors (Lipinski definition) is 2. The lowest BCUT2D eigenvalue weighted by Gasteiger charge is -2.48. The zero-order valence-corrected chi connectivity index (χ0v) is 14.8. The third-order valence-electron chi connectivity index (χ3n) is 6.22. The summed E-state index contributed by atoms with van der Waals surface area (Å²) < 4.78 is 5.48. The molecule has 4 rings (SSSR count). The van der Waals surface area contributed by atoms with Crippen LogP contribution in [-0.2, 0) is 16.1 Å². The molecule has 2 aliphatic heterocycles. The molecule has 5 heteroatoms. The summed E-state index contributed by atoms with van der Waals surface area (Å²) in [5.74, 6) is -0.949. The van der Waals surface area contributed by atoms with Gasteiger partial charge in [0.05, 0.1) is 5.92 Å². The lowest BCUT2D eigenvalue weighted by atomic mass is 9.65. The fraction of sp³-hybridized carbons (Fsp3) is 0.550. The summed E-state index contributed by atoms with van der Waals surface area (Å²) in [6.07, 6.45) is 2.71. The summed E-state index contributed by atoms with van der Waals surface area (Å²) in [7, 11) is 0. The summed E-state index contributed by atoms with van der Waals surface area (Å²) in [6.45, 7) is 5.89. The Hall–Kier alpha value is -1.85. The standard InChI is InChI=1S/C20H26N2O3/c1-14-3-2-4-18-16(14)11-15(21-18)12-22-8-5-20(6-9-25-10-7-20)17(13-22)19(23)24/h2-4,11,17,21H,5-10,12-13H2,1H3,(H,23,24). The maximum absolute atomic E-state index is 11.9. The number of carboxylic acids is 1. The van der Waals surface area contributed by atoms with Gasteiger partial charge in [-0.2, -0.15) is 0 Å². The molecule has 3 heterocycles. The lowest BCUT2D eigenvalue weighted by molar-refractivity contribution is -0.156. The molecule has 1 unspecified atom stereocenters. The molecule has 2 aromatic rings. The molecule has 1 spiro atoms. The van der Waals surface area contributed by atoms with Crippen LogP contribution in [-0.4, -0.2) is 47.3 Å². The molecule has 25 heavy (non-hydrogen) atoms. The molecule has 0 amide bonds. The quantitative estimate of drug-likeness (QED) is 0.899. The number of aliphatic carboxylic acids is 1. The van der Waals surface area contributed by atoms with Crippen LogP contribution in [0.15, 0.2) is 24.3 Å². The number of rotatable bonds is 3. The summed E-state index contributed by atoms with van der Waals surface area (Å²) in [4.78, 5) is 17.7. The number of piperidine rings is 1. The molecule has 0 saturated carbocycles. The van der Waals surface area contributed by atoms with Gasteiger partial charge in [-0.3, -0.25) is 9.69 Å². The van der Waals surface area contributed by atoms with Crippen LogP contribution in [0.4, 0.5) is 0 Å². The van der Waals surface area contributed by atoms with E-state index in [1.165, 1.54) is 10.9 Å². The van der Waals surface area contributed by atoms with Crippen molar-refractivity contribution in [2.24, 2.45) is 11.3 Å². The number of hydrogen-bond acceptors (Lipinski definition) is 3. The van der Waals surface area contributed by atoms with Crippen molar-refractivity contribution < 1.29 is 14.6 Å². The van der Waals surface area contributed by atoms with Crippen molar-refractivity contribution >= 4 is 16.9 Å².